The van der Waals surface area contributed by atoms with Crippen LogP contribution in [-0.2, 0) is 0 Å². The van der Waals surface area contributed by atoms with Gasteiger partial charge in [0.25, 0.3) is 0 Å². The maximum absolute atomic E-state index is 3.11. The maximum Gasteiger partial charge on any atom is 0.0157 e. The molecule has 1 aliphatic rings. The molecule has 30 valence electrons. The molecular formula is C6H6. The second kappa shape index (κ2) is 1.87. The molecule has 0 nitrogen and oxygen atoms in total. The monoisotopic (exact) mass is 78.0 g/mol. The van der Waals surface area contributed by atoms with E-state index in [-0.39, 0.29) is 0 Å². The fourth-order valence-electron chi connectivity index (χ4n) is 0.453. The van der Waals surface area contributed by atoms with E-state index in [1.807, 2.05) is 0 Å². The molecular weight excluding hydrogens is 72.1 g/mol. The maximum atomic E-state index is 3.11. The van der Waals surface area contributed by atoms with E-state index < -0.39 is 0 Å². The minimum Gasteiger partial charge on any atom is -0.103 e. The molecule has 0 bridgehead atoms. The molecule has 0 aromatic heterocycles. The van der Waals surface area contributed by atoms with Gasteiger partial charge in [-0.15, -0.1) is 11.8 Å². The van der Waals surface area contributed by atoms with E-state index in [1.54, 1.807) is 0 Å². The normalized spacial score (nSPS) is 18.7. The van der Waals surface area contributed by atoms with Gasteiger partial charge in [0.05, 0.1) is 0 Å². The molecule has 0 heterocycles. The molecule has 2 radical (unpaired) electrons. The molecule has 0 heteroatoms. The Bertz CT molecular complexity index is 71.9. The number of rotatable bonds is 0. The molecule has 1 aliphatic carbocycles. The number of hydrogen-bond acceptors (Lipinski definition) is 0. The van der Waals surface area contributed by atoms with E-state index in [0.717, 1.165) is 19.3 Å². The zero-order valence-electron chi connectivity index (χ0n) is 3.62. The summed E-state index contributed by atoms with van der Waals surface area (Å²) < 4.78 is 0. The summed E-state index contributed by atoms with van der Waals surface area (Å²) in [5, 5.41) is 0. The minimum atomic E-state index is 0.889. The van der Waals surface area contributed by atoms with Crippen LogP contribution in [0.2, 0.25) is 0 Å². The Hall–Kier alpha value is -0.440. The van der Waals surface area contributed by atoms with Gasteiger partial charge in [0.2, 0.25) is 0 Å². The molecule has 0 aliphatic heterocycles. The van der Waals surface area contributed by atoms with E-state index in [4.69, 9.17) is 0 Å². The Morgan fingerprint density at radius 3 is 2.17 bits per heavy atom. The van der Waals surface area contributed by atoms with E-state index >= 15 is 0 Å². The summed E-state index contributed by atoms with van der Waals surface area (Å²) in [6, 6.07) is 0. The first-order chi connectivity index (χ1) is 3.00. The van der Waals surface area contributed by atoms with Gasteiger partial charge >= 0.3 is 0 Å². The standard InChI is InChI=1S/C6H6/c1-2-4-6-5-3-1/h1-2,5H2. The van der Waals surface area contributed by atoms with Crippen LogP contribution in [0.5, 0.6) is 0 Å². The Morgan fingerprint density at radius 2 is 2.00 bits per heavy atom. The lowest BCUT2D eigenvalue weighted by molar-refractivity contribution is 0.937. The van der Waals surface area contributed by atoms with Crippen molar-refractivity contribution in [3.8, 4) is 11.8 Å². The summed E-state index contributed by atoms with van der Waals surface area (Å²) in [5.74, 6) is 5.90. The van der Waals surface area contributed by atoms with E-state index in [2.05, 4.69) is 18.3 Å². The first kappa shape index (κ1) is 3.74. The van der Waals surface area contributed by atoms with E-state index in [1.165, 1.54) is 0 Å². The summed E-state index contributed by atoms with van der Waals surface area (Å²) in [6.07, 6.45) is 6.10. The topological polar surface area (TPSA) is 0 Å². The third-order valence-corrected chi connectivity index (χ3v) is 0.765. The van der Waals surface area contributed by atoms with Crippen molar-refractivity contribution in [2.24, 2.45) is 0 Å². The first-order valence-electron chi connectivity index (χ1n) is 2.16. The highest BCUT2D eigenvalue weighted by Crippen LogP contribution is 1.99. The van der Waals surface area contributed by atoms with Crippen LogP contribution in [0.1, 0.15) is 19.3 Å². The van der Waals surface area contributed by atoms with Crippen LogP contribution >= 0.6 is 0 Å². The minimum absolute atomic E-state index is 0.889. The fraction of sp³-hybridized carbons (Fsp3) is 0.500. The average Bonchev–Trinajstić information content (AvgIpc) is 1.72. The van der Waals surface area contributed by atoms with Crippen molar-refractivity contribution >= 4 is 0 Å². The van der Waals surface area contributed by atoms with Crippen LogP contribution in [0.15, 0.2) is 0 Å². The molecule has 0 aromatic carbocycles. The highest BCUT2D eigenvalue weighted by molar-refractivity contribution is 5.06. The second-order valence-corrected chi connectivity index (χ2v) is 1.28. The van der Waals surface area contributed by atoms with Gasteiger partial charge in [-0.1, -0.05) is 0 Å². The van der Waals surface area contributed by atoms with Gasteiger partial charge in [0, 0.05) is 12.8 Å². The van der Waals surface area contributed by atoms with Crippen LogP contribution in [0.25, 0.3) is 0 Å². The molecule has 0 amide bonds. The number of hydrogen-bond donors (Lipinski definition) is 0. The third-order valence-electron chi connectivity index (χ3n) is 0.765. The average molecular weight is 78.1 g/mol. The summed E-state index contributed by atoms with van der Waals surface area (Å²) in [4.78, 5) is 0. The molecule has 1 rings (SSSR count). The fourth-order valence-corrected chi connectivity index (χ4v) is 0.453. The van der Waals surface area contributed by atoms with Crippen molar-refractivity contribution in [1.29, 1.82) is 0 Å². The third kappa shape index (κ3) is 0.755. The van der Waals surface area contributed by atoms with Gasteiger partial charge in [-0.2, -0.15) is 0 Å². The van der Waals surface area contributed by atoms with Crippen LogP contribution in [-0.4, -0.2) is 0 Å². The lowest BCUT2D eigenvalue weighted by atomic mass is 10.1. The van der Waals surface area contributed by atoms with Gasteiger partial charge in [-0.3, -0.25) is 0 Å². The Balaban J connectivity index is 2.36. The predicted molar refractivity (Wildman–Crippen MR) is 24.9 cm³/mol. The molecule has 0 saturated carbocycles. The van der Waals surface area contributed by atoms with Gasteiger partial charge < -0.3 is 0 Å². The molecule has 0 unspecified atom stereocenters. The zero-order chi connectivity index (χ0) is 4.24. The molecule has 0 aromatic rings. The smallest absolute Gasteiger partial charge is 0.0157 e. The van der Waals surface area contributed by atoms with Crippen molar-refractivity contribution < 1.29 is 0 Å². The highest BCUT2D eigenvalue weighted by atomic mass is 13.9. The predicted octanol–water partition coefficient (Wildman–Crippen LogP) is 1.25. The summed E-state index contributed by atoms with van der Waals surface area (Å²) >= 11 is 0. The molecule has 0 saturated heterocycles. The van der Waals surface area contributed by atoms with Crippen LogP contribution in [0.4, 0.5) is 0 Å². The van der Waals surface area contributed by atoms with Gasteiger partial charge in [-0.25, -0.2) is 0 Å². The molecule has 0 N–H and O–H groups in total. The summed E-state index contributed by atoms with van der Waals surface area (Å²) in [6.45, 7) is 0. The molecule has 0 fully saturated rings. The van der Waals surface area contributed by atoms with E-state index in [9.17, 15) is 0 Å². The summed E-state index contributed by atoms with van der Waals surface area (Å²) in [7, 11) is 0. The first-order valence-corrected chi connectivity index (χ1v) is 2.16. The Morgan fingerprint density at radius 1 is 1.00 bits per heavy atom. The highest BCUT2D eigenvalue weighted by Gasteiger charge is 1.87. The van der Waals surface area contributed by atoms with Crippen molar-refractivity contribution in [2.45, 2.75) is 19.3 Å². The Kier molecular flexibility index (Phi) is 1.17. The van der Waals surface area contributed by atoms with Gasteiger partial charge in [-0.05, 0) is 12.8 Å². The van der Waals surface area contributed by atoms with Crippen molar-refractivity contribution in [3.05, 3.63) is 6.42 Å². The zero-order valence-corrected chi connectivity index (χ0v) is 3.62. The van der Waals surface area contributed by atoms with Crippen LogP contribution < -0.4 is 0 Å². The second-order valence-electron chi connectivity index (χ2n) is 1.28. The molecule has 6 heavy (non-hydrogen) atoms. The lowest BCUT2D eigenvalue weighted by Crippen LogP contribution is -1.79. The quantitative estimate of drug-likeness (QED) is 0.382. The van der Waals surface area contributed by atoms with Gasteiger partial charge in [0.1, 0.15) is 0 Å². The van der Waals surface area contributed by atoms with Crippen molar-refractivity contribution in [3.63, 3.8) is 0 Å². The van der Waals surface area contributed by atoms with E-state index in [0.29, 0.717) is 0 Å². The van der Waals surface area contributed by atoms with Crippen LogP contribution in [0.3, 0.4) is 0 Å². The van der Waals surface area contributed by atoms with Crippen molar-refractivity contribution in [1.82, 2.24) is 0 Å². The molecule has 0 spiro atoms. The van der Waals surface area contributed by atoms with Crippen molar-refractivity contribution in [2.75, 3.05) is 0 Å². The Labute approximate surface area is 38.6 Å². The van der Waals surface area contributed by atoms with Crippen LogP contribution in [0, 0.1) is 18.3 Å². The largest absolute Gasteiger partial charge is 0.103 e. The molecule has 0 atom stereocenters. The summed E-state index contributed by atoms with van der Waals surface area (Å²) in [5.41, 5.74) is 0. The van der Waals surface area contributed by atoms with Gasteiger partial charge in [0.15, 0.2) is 0 Å². The SMILES string of the molecule is [C]1CC#CCC1. The lowest BCUT2D eigenvalue weighted by Gasteiger charge is -1.91.